The van der Waals surface area contributed by atoms with E-state index in [0.29, 0.717) is 9.47 Å². The Labute approximate surface area is 85.4 Å². The van der Waals surface area contributed by atoms with Crippen molar-refractivity contribution in [3.05, 3.63) is 9.47 Å². The van der Waals surface area contributed by atoms with Gasteiger partial charge in [0.05, 0.1) is 0 Å². The molecule has 0 aromatic carbocycles. The van der Waals surface area contributed by atoms with E-state index in [0.717, 1.165) is 0 Å². The fraction of sp³-hybridized carbons (Fsp3) is 0.400. The lowest BCUT2D eigenvalue weighted by Gasteiger charge is -2.00. The van der Waals surface area contributed by atoms with E-state index in [-0.39, 0.29) is 12.7 Å². The van der Waals surface area contributed by atoms with Crippen LogP contribution in [0.5, 0.6) is 0 Å². The van der Waals surface area contributed by atoms with Gasteiger partial charge in [-0.2, -0.15) is 4.98 Å². The van der Waals surface area contributed by atoms with E-state index < -0.39 is 0 Å². The SMILES string of the molecule is CC(=O)OCn1nc(Br)nc1Br. The van der Waals surface area contributed by atoms with E-state index in [1.807, 2.05) is 0 Å². The molecule has 0 fully saturated rings. The van der Waals surface area contributed by atoms with Gasteiger partial charge in [0.1, 0.15) is 0 Å². The maximum absolute atomic E-state index is 10.4. The van der Waals surface area contributed by atoms with Gasteiger partial charge in [0.25, 0.3) is 0 Å². The Balaban J connectivity index is 2.62. The predicted octanol–water partition coefficient (Wildman–Crippen LogP) is 1.32. The summed E-state index contributed by atoms with van der Waals surface area (Å²) in [4.78, 5) is 14.3. The first-order chi connectivity index (χ1) is 5.59. The van der Waals surface area contributed by atoms with E-state index >= 15 is 0 Å². The number of esters is 1. The van der Waals surface area contributed by atoms with Crippen molar-refractivity contribution in [3.63, 3.8) is 0 Å². The Bertz CT molecular complexity index is 299. The molecule has 0 saturated carbocycles. The molecule has 12 heavy (non-hydrogen) atoms. The molecule has 0 amide bonds. The zero-order chi connectivity index (χ0) is 9.14. The maximum atomic E-state index is 10.4. The number of carbonyl (C=O) groups is 1. The summed E-state index contributed by atoms with van der Waals surface area (Å²) in [5.74, 6) is -0.353. The molecule has 1 heterocycles. The van der Waals surface area contributed by atoms with Gasteiger partial charge >= 0.3 is 5.97 Å². The number of nitrogens with zero attached hydrogens (tertiary/aromatic N) is 3. The van der Waals surface area contributed by atoms with Crippen molar-refractivity contribution >= 4 is 37.8 Å². The van der Waals surface area contributed by atoms with Crippen molar-refractivity contribution in [2.45, 2.75) is 13.7 Å². The predicted molar refractivity (Wildman–Crippen MR) is 47.2 cm³/mol. The van der Waals surface area contributed by atoms with Crippen LogP contribution in [0, 0.1) is 0 Å². The second kappa shape index (κ2) is 3.99. The van der Waals surface area contributed by atoms with Gasteiger partial charge in [-0.05, 0) is 31.9 Å². The Morgan fingerprint density at radius 3 is 2.75 bits per heavy atom. The zero-order valence-electron chi connectivity index (χ0n) is 6.12. The summed E-state index contributed by atoms with van der Waals surface area (Å²) in [6.45, 7) is 1.40. The Morgan fingerprint density at radius 2 is 2.33 bits per heavy atom. The van der Waals surface area contributed by atoms with Crippen LogP contribution in [0.25, 0.3) is 0 Å². The summed E-state index contributed by atoms with van der Waals surface area (Å²) < 4.78 is 7.06. The van der Waals surface area contributed by atoms with Crippen LogP contribution in [-0.2, 0) is 16.3 Å². The Hall–Kier alpha value is -0.430. The second-order valence-electron chi connectivity index (χ2n) is 1.91. The van der Waals surface area contributed by atoms with Crippen molar-refractivity contribution in [2.75, 3.05) is 0 Å². The summed E-state index contributed by atoms with van der Waals surface area (Å²) in [6.07, 6.45) is 0. The highest BCUT2D eigenvalue weighted by Crippen LogP contribution is 2.10. The van der Waals surface area contributed by atoms with Gasteiger partial charge in [0, 0.05) is 6.92 Å². The lowest BCUT2D eigenvalue weighted by molar-refractivity contribution is -0.145. The molecule has 0 aliphatic heterocycles. The molecule has 0 spiro atoms. The standard InChI is InChI=1S/C5H5Br2N3O2/c1-3(11)12-2-10-5(7)8-4(6)9-10/h2H2,1H3. The van der Waals surface area contributed by atoms with Gasteiger partial charge in [-0.15, -0.1) is 5.10 Å². The van der Waals surface area contributed by atoms with Crippen LogP contribution in [0.1, 0.15) is 6.92 Å². The van der Waals surface area contributed by atoms with E-state index in [9.17, 15) is 4.79 Å². The van der Waals surface area contributed by atoms with Crippen LogP contribution in [0.4, 0.5) is 0 Å². The fourth-order valence-electron chi connectivity index (χ4n) is 0.531. The molecule has 0 radical (unpaired) electrons. The van der Waals surface area contributed by atoms with Crippen molar-refractivity contribution in [1.82, 2.24) is 14.8 Å². The molecule has 5 nitrogen and oxygen atoms in total. The third-order valence-electron chi connectivity index (χ3n) is 0.991. The molecule has 0 aliphatic carbocycles. The van der Waals surface area contributed by atoms with Gasteiger partial charge in [0.15, 0.2) is 11.5 Å². The van der Waals surface area contributed by atoms with Gasteiger partial charge in [-0.1, -0.05) is 0 Å². The van der Waals surface area contributed by atoms with E-state index in [1.54, 1.807) is 0 Å². The van der Waals surface area contributed by atoms with Crippen molar-refractivity contribution in [2.24, 2.45) is 0 Å². The molecule has 1 aromatic rings. The maximum Gasteiger partial charge on any atom is 0.304 e. The smallest absolute Gasteiger partial charge is 0.304 e. The molecule has 0 atom stereocenters. The van der Waals surface area contributed by atoms with Crippen molar-refractivity contribution in [1.29, 1.82) is 0 Å². The lowest BCUT2D eigenvalue weighted by Crippen LogP contribution is -2.07. The highest BCUT2D eigenvalue weighted by molar-refractivity contribution is 9.11. The third-order valence-corrected chi connectivity index (χ3v) is 1.91. The molecule has 1 aromatic heterocycles. The van der Waals surface area contributed by atoms with Crippen LogP contribution < -0.4 is 0 Å². The summed E-state index contributed by atoms with van der Waals surface area (Å²) in [7, 11) is 0. The van der Waals surface area contributed by atoms with Crippen molar-refractivity contribution < 1.29 is 9.53 Å². The second-order valence-corrected chi connectivity index (χ2v) is 3.33. The van der Waals surface area contributed by atoms with E-state index in [4.69, 9.17) is 4.74 Å². The summed E-state index contributed by atoms with van der Waals surface area (Å²) >= 11 is 6.21. The Morgan fingerprint density at radius 1 is 1.67 bits per heavy atom. The number of aromatic nitrogens is 3. The zero-order valence-corrected chi connectivity index (χ0v) is 9.29. The summed E-state index contributed by atoms with van der Waals surface area (Å²) in [5.41, 5.74) is 0. The summed E-state index contributed by atoms with van der Waals surface area (Å²) in [6, 6.07) is 0. The fourth-order valence-corrected chi connectivity index (χ4v) is 1.48. The summed E-state index contributed by atoms with van der Waals surface area (Å²) in [5, 5.41) is 3.88. The number of hydrogen-bond donors (Lipinski definition) is 0. The first-order valence-corrected chi connectivity index (χ1v) is 4.57. The Kier molecular flexibility index (Phi) is 3.21. The highest BCUT2D eigenvalue weighted by Gasteiger charge is 2.04. The minimum Gasteiger partial charge on any atom is -0.442 e. The molecule has 0 saturated heterocycles. The topological polar surface area (TPSA) is 57.0 Å². The number of hydrogen-bond acceptors (Lipinski definition) is 4. The number of rotatable bonds is 2. The van der Waals surface area contributed by atoms with Crippen LogP contribution >= 0.6 is 31.9 Å². The van der Waals surface area contributed by atoms with Crippen LogP contribution in [0.3, 0.4) is 0 Å². The molecule has 0 bridgehead atoms. The average molecular weight is 299 g/mol. The van der Waals surface area contributed by atoms with Gasteiger partial charge in [0.2, 0.25) is 4.73 Å². The molecule has 1 rings (SSSR count). The van der Waals surface area contributed by atoms with Crippen LogP contribution in [0.15, 0.2) is 9.47 Å². The third kappa shape index (κ3) is 2.56. The lowest BCUT2D eigenvalue weighted by atomic mass is 10.8. The molecule has 66 valence electrons. The minimum absolute atomic E-state index is 0.0640. The monoisotopic (exact) mass is 297 g/mol. The van der Waals surface area contributed by atoms with Crippen LogP contribution in [-0.4, -0.2) is 20.7 Å². The minimum atomic E-state index is -0.353. The van der Waals surface area contributed by atoms with Crippen molar-refractivity contribution in [3.8, 4) is 0 Å². The van der Waals surface area contributed by atoms with Crippen LogP contribution in [0.2, 0.25) is 0 Å². The largest absolute Gasteiger partial charge is 0.442 e. The number of carbonyl (C=O) groups excluding carboxylic acids is 1. The molecular weight excluding hydrogens is 294 g/mol. The molecule has 0 N–H and O–H groups in total. The molecular formula is C5H5Br2N3O2. The first kappa shape index (κ1) is 9.66. The number of ether oxygens (including phenoxy) is 1. The number of halogens is 2. The van der Waals surface area contributed by atoms with Gasteiger partial charge in [-0.3, -0.25) is 4.79 Å². The quantitative estimate of drug-likeness (QED) is 0.773. The van der Waals surface area contributed by atoms with E-state index in [1.165, 1.54) is 11.6 Å². The van der Waals surface area contributed by atoms with Gasteiger partial charge in [-0.25, -0.2) is 4.68 Å². The molecule has 7 heteroatoms. The van der Waals surface area contributed by atoms with Gasteiger partial charge < -0.3 is 4.74 Å². The molecule has 0 unspecified atom stereocenters. The normalized spacial score (nSPS) is 9.92. The first-order valence-electron chi connectivity index (χ1n) is 2.99. The van der Waals surface area contributed by atoms with E-state index in [2.05, 4.69) is 41.9 Å². The molecule has 0 aliphatic rings. The highest BCUT2D eigenvalue weighted by atomic mass is 79.9. The average Bonchev–Trinajstić information content (AvgIpc) is 2.26.